The van der Waals surface area contributed by atoms with Crippen LogP contribution in [0, 0.1) is 0 Å². The zero-order valence-corrected chi connectivity index (χ0v) is 20.3. The van der Waals surface area contributed by atoms with Crippen LogP contribution in [0.3, 0.4) is 0 Å². The SMILES string of the molecule is CCNC(=NCCC(O)c1ccccc1)NCCc1nccn1Cc1ccccc1.I. The van der Waals surface area contributed by atoms with Crippen molar-refractivity contribution in [3.8, 4) is 0 Å². The lowest BCUT2D eigenvalue weighted by Crippen LogP contribution is -2.38. The van der Waals surface area contributed by atoms with E-state index in [0.29, 0.717) is 13.0 Å². The molecular weight excluding hydrogens is 501 g/mol. The van der Waals surface area contributed by atoms with Gasteiger partial charge in [0, 0.05) is 45.0 Å². The number of aliphatic hydroxyl groups is 1. The lowest BCUT2D eigenvalue weighted by atomic mass is 10.1. The van der Waals surface area contributed by atoms with E-state index in [1.807, 2.05) is 55.7 Å². The third-order valence-corrected chi connectivity index (χ3v) is 4.84. The van der Waals surface area contributed by atoms with Gasteiger partial charge in [0.05, 0.1) is 6.10 Å². The van der Waals surface area contributed by atoms with E-state index >= 15 is 0 Å². The molecule has 0 radical (unpaired) electrons. The van der Waals surface area contributed by atoms with E-state index in [2.05, 4.69) is 49.4 Å². The summed E-state index contributed by atoms with van der Waals surface area (Å²) in [4.78, 5) is 9.10. The van der Waals surface area contributed by atoms with Gasteiger partial charge in [-0.1, -0.05) is 60.7 Å². The van der Waals surface area contributed by atoms with E-state index in [0.717, 1.165) is 43.4 Å². The molecule has 7 heteroatoms. The first-order valence-corrected chi connectivity index (χ1v) is 10.6. The summed E-state index contributed by atoms with van der Waals surface area (Å²) in [5, 5.41) is 16.9. The molecule has 3 N–H and O–H groups in total. The van der Waals surface area contributed by atoms with Crippen LogP contribution in [-0.2, 0) is 13.0 Å². The number of halogens is 1. The van der Waals surface area contributed by atoms with E-state index in [1.54, 1.807) is 0 Å². The highest BCUT2D eigenvalue weighted by molar-refractivity contribution is 14.0. The first kappa shape index (κ1) is 24.9. The van der Waals surface area contributed by atoms with Crippen molar-refractivity contribution in [2.45, 2.75) is 32.4 Å². The Kier molecular flexibility index (Phi) is 11.1. The van der Waals surface area contributed by atoms with Crippen molar-refractivity contribution >= 4 is 29.9 Å². The van der Waals surface area contributed by atoms with E-state index in [-0.39, 0.29) is 24.0 Å². The maximum atomic E-state index is 10.3. The smallest absolute Gasteiger partial charge is 0.191 e. The summed E-state index contributed by atoms with van der Waals surface area (Å²) >= 11 is 0. The fourth-order valence-corrected chi connectivity index (χ4v) is 3.27. The Hall–Kier alpha value is -2.39. The number of hydrogen-bond donors (Lipinski definition) is 3. The second-order valence-corrected chi connectivity index (χ2v) is 7.11. The summed E-state index contributed by atoms with van der Waals surface area (Å²) in [6.07, 6.45) is 4.76. The van der Waals surface area contributed by atoms with Gasteiger partial charge < -0.3 is 20.3 Å². The Morgan fingerprint density at radius 1 is 1.06 bits per heavy atom. The molecule has 0 amide bonds. The lowest BCUT2D eigenvalue weighted by molar-refractivity contribution is 0.170. The summed E-state index contributed by atoms with van der Waals surface area (Å²) in [7, 11) is 0. The van der Waals surface area contributed by atoms with E-state index in [1.165, 1.54) is 5.56 Å². The summed E-state index contributed by atoms with van der Waals surface area (Å²) in [6.45, 7) is 4.94. The Labute approximate surface area is 201 Å². The molecule has 1 aromatic heterocycles. The van der Waals surface area contributed by atoms with Crippen LogP contribution in [0.15, 0.2) is 78.0 Å². The van der Waals surface area contributed by atoms with Crippen LogP contribution < -0.4 is 10.6 Å². The summed E-state index contributed by atoms with van der Waals surface area (Å²) in [5.41, 5.74) is 2.19. The Balaban J connectivity index is 0.00000341. The van der Waals surface area contributed by atoms with Crippen LogP contribution in [0.2, 0.25) is 0 Å². The maximum Gasteiger partial charge on any atom is 0.191 e. The summed E-state index contributed by atoms with van der Waals surface area (Å²) < 4.78 is 2.18. The number of rotatable bonds is 10. The minimum atomic E-state index is -0.497. The molecule has 166 valence electrons. The molecule has 0 saturated heterocycles. The largest absolute Gasteiger partial charge is 0.388 e. The highest BCUT2D eigenvalue weighted by atomic mass is 127. The van der Waals surface area contributed by atoms with Gasteiger partial charge in [0.2, 0.25) is 0 Å². The normalized spacial score (nSPS) is 12.1. The van der Waals surface area contributed by atoms with Crippen molar-refractivity contribution in [2.24, 2.45) is 4.99 Å². The van der Waals surface area contributed by atoms with Crippen LogP contribution in [-0.4, -0.2) is 40.3 Å². The van der Waals surface area contributed by atoms with Crippen LogP contribution in [0.5, 0.6) is 0 Å². The van der Waals surface area contributed by atoms with Gasteiger partial charge >= 0.3 is 0 Å². The van der Waals surface area contributed by atoms with Crippen molar-refractivity contribution in [1.29, 1.82) is 0 Å². The number of imidazole rings is 1. The van der Waals surface area contributed by atoms with Crippen molar-refractivity contribution < 1.29 is 5.11 Å². The number of nitrogens with one attached hydrogen (secondary N) is 2. The second-order valence-electron chi connectivity index (χ2n) is 7.11. The van der Waals surface area contributed by atoms with Gasteiger partial charge in [-0.05, 0) is 24.5 Å². The lowest BCUT2D eigenvalue weighted by Gasteiger charge is -2.13. The molecule has 0 aliphatic rings. The molecular formula is C24H32IN5O. The minimum absolute atomic E-state index is 0. The molecule has 3 rings (SSSR count). The van der Waals surface area contributed by atoms with Crippen LogP contribution in [0.4, 0.5) is 0 Å². The monoisotopic (exact) mass is 533 g/mol. The summed E-state index contributed by atoms with van der Waals surface area (Å²) in [6, 6.07) is 20.1. The quantitative estimate of drug-likeness (QED) is 0.211. The molecule has 0 bridgehead atoms. The van der Waals surface area contributed by atoms with Crippen molar-refractivity contribution in [1.82, 2.24) is 20.2 Å². The number of nitrogens with zero attached hydrogens (tertiary/aromatic N) is 3. The van der Waals surface area contributed by atoms with E-state index < -0.39 is 6.10 Å². The molecule has 0 saturated carbocycles. The van der Waals surface area contributed by atoms with Crippen molar-refractivity contribution in [3.63, 3.8) is 0 Å². The predicted molar refractivity (Wildman–Crippen MR) is 137 cm³/mol. The Bertz CT molecular complexity index is 899. The minimum Gasteiger partial charge on any atom is -0.388 e. The first-order valence-electron chi connectivity index (χ1n) is 10.6. The van der Waals surface area contributed by atoms with Gasteiger partial charge in [-0.15, -0.1) is 24.0 Å². The molecule has 1 unspecified atom stereocenters. The second kappa shape index (κ2) is 13.8. The average Bonchev–Trinajstić information content (AvgIpc) is 3.22. The topological polar surface area (TPSA) is 74.5 Å². The van der Waals surface area contributed by atoms with Gasteiger partial charge in [-0.25, -0.2) is 4.98 Å². The molecule has 1 heterocycles. The molecule has 0 aliphatic heterocycles. The highest BCUT2D eigenvalue weighted by Gasteiger charge is 2.07. The zero-order chi connectivity index (χ0) is 21.0. The molecule has 1 atom stereocenters. The van der Waals surface area contributed by atoms with Gasteiger partial charge in [0.25, 0.3) is 0 Å². The average molecular weight is 533 g/mol. The van der Waals surface area contributed by atoms with Gasteiger partial charge in [0.15, 0.2) is 5.96 Å². The number of aromatic nitrogens is 2. The summed E-state index contributed by atoms with van der Waals surface area (Å²) in [5.74, 6) is 1.81. The molecule has 31 heavy (non-hydrogen) atoms. The number of aliphatic imine (C=N–C) groups is 1. The maximum absolute atomic E-state index is 10.3. The van der Waals surface area contributed by atoms with Gasteiger partial charge in [-0.3, -0.25) is 4.99 Å². The Morgan fingerprint density at radius 3 is 2.48 bits per heavy atom. The standard InChI is InChI=1S/C24H31N5O.HI/c1-2-25-24(27-15-13-22(30)21-11-7-4-8-12-21)28-16-14-23-26-17-18-29(23)19-20-9-5-3-6-10-20;/h3-12,17-18,22,30H,2,13-16,19H2,1H3,(H2,25,27,28);1H. The predicted octanol–water partition coefficient (Wildman–Crippen LogP) is 3.77. The molecule has 0 spiro atoms. The van der Waals surface area contributed by atoms with Crippen LogP contribution >= 0.6 is 24.0 Å². The fraction of sp³-hybridized carbons (Fsp3) is 0.333. The third kappa shape index (κ3) is 8.34. The zero-order valence-electron chi connectivity index (χ0n) is 17.9. The molecule has 6 nitrogen and oxygen atoms in total. The number of hydrogen-bond acceptors (Lipinski definition) is 3. The van der Waals surface area contributed by atoms with Crippen molar-refractivity contribution in [3.05, 3.63) is 90.0 Å². The number of guanidine groups is 1. The molecule has 2 aromatic carbocycles. The molecule has 0 aliphatic carbocycles. The van der Waals surface area contributed by atoms with Gasteiger partial charge in [0.1, 0.15) is 5.82 Å². The van der Waals surface area contributed by atoms with E-state index in [4.69, 9.17) is 0 Å². The fourth-order valence-electron chi connectivity index (χ4n) is 3.27. The molecule has 3 aromatic rings. The highest BCUT2D eigenvalue weighted by Crippen LogP contribution is 2.15. The Morgan fingerprint density at radius 2 is 1.77 bits per heavy atom. The van der Waals surface area contributed by atoms with Crippen molar-refractivity contribution in [2.75, 3.05) is 19.6 Å². The van der Waals surface area contributed by atoms with Gasteiger partial charge in [-0.2, -0.15) is 0 Å². The first-order chi connectivity index (χ1) is 14.8. The molecule has 0 fully saturated rings. The van der Waals surface area contributed by atoms with Crippen LogP contribution in [0.25, 0.3) is 0 Å². The van der Waals surface area contributed by atoms with Crippen LogP contribution in [0.1, 0.15) is 36.4 Å². The number of benzene rings is 2. The third-order valence-electron chi connectivity index (χ3n) is 4.84. The number of aliphatic hydroxyl groups excluding tert-OH is 1. The van der Waals surface area contributed by atoms with E-state index in [9.17, 15) is 5.11 Å².